The largest absolute Gasteiger partial charge is 0.391 e. The molecule has 0 aromatic heterocycles. The summed E-state index contributed by atoms with van der Waals surface area (Å²) in [5.74, 6) is 0.349. The standard InChI is InChI=1S/C10H17NO3/c12-8(7-3-4-7)6-11-10(13)9-2-1-5-14-9/h7-9,12H,1-6H2,(H,11,13). The van der Waals surface area contributed by atoms with Crippen molar-refractivity contribution in [1.29, 1.82) is 0 Å². The van der Waals surface area contributed by atoms with Crippen LogP contribution < -0.4 is 5.32 Å². The number of aliphatic hydroxyl groups excluding tert-OH is 1. The van der Waals surface area contributed by atoms with E-state index in [2.05, 4.69) is 5.32 Å². The Hall–Kier alpha value is -0.610. The predicted octanol–water partition coefficient (Wildman–Crippen LogP) is 0.0525. The van der Waals surface area contributed by atoms with Crippen molar-refractivity contribution in [2.24, 2.45) is 5.92 Å². The summed E-state index contributed by atoms with van der Waals surface area (Å²) < 4.78 is 5.23. The third-order valence-corrected chi connectivity index (χ3v) is 2.87. The van der Waals surface area contributed by atoms with E-state index < -0.39 is 0 Å². The lowest BCUT2D eigenvalue weighted by molar-refractivity contribution is -0.130. The SMILES string of the molecule is O=C(NCC(O)C1CC1)C1CCCO1. The van der Waals surface area contributed by atoms with Crippen LogP contribution in [0.15, 0.2) is 0 Å². The maximum atomic E-state index is 11.4. The first kappa shape index (κ1) is 9.93. The molecule has 2 aliphatic rings. The summed E-state index contributed by atoms with van der Waals surface area (Å²) in [5, 5.41) is 12.3. The fourth-order valence-electron chi connectivity index (χ4n) is 1.75. The van der Waals surface area contributed by atoms with Crippen LogP contribution in [0.3, 0.4) is 0 Å². The van der Waals surface area contributed by atoms with Crippen molar-refractivity contribution in [3.05, 3.63) is 0 Å². The lowest BCUT2D eigenvalue weighted by Gasteiger charge is -2.13. The highest BCUT2D eigenvalue weighted by Crippen LogP contribution is 2.32. The molecule has 2 N–H and O–H groups in total. The van der Waals surface area contributed by atoms with Gasteiger partial charge in [-0.3, -0.25) is 4.79 Å². The fraction of sp³-hybridized carbons (Fsp3) is 0.900. The first-order chi connectivity index (χ1) is 6.77. The Balaban J connectivity index is 1.66. The van der Waals surface area contributed by atoms with Gasteiger partial charge in [0.05, 0.1) is 6.10 Å². The van der Waals surface area contributed by atoms with Gasteiger partial charge < -0.3 is 15.2 Å². The Morgan fingerprint density at radius 3 is 2.86 bits per heavy atom. The maximum Gasteiger partial charge on any atom is 0.249 e. The molecule has 0 aromatic carbocycles. The summed E-state index contributed by atoms with van der Waals surface area (Å²) in [6.45, 7) is 1.06. The van der Waals surface area contributed by atoms with E-state index in [1.807, 2.05) is 0 Å². The molecule has 0 bridgehead atoms. The Kier molecular flexibility index (Phi) is 3.03. The molecule has 2 fully saturated rings. The minimum Gasteiger partial charge on any atom is -0.391 e. The highest BCUT2D eigenvalue weighted by molar-refractivity contribution is 5.80. The number of carbonyl (C=O) groups is 1. The summed E-state index contributed by atoms with van der Waals surface area (Å²) in [6.07, 6.45) is 3.32. The molecular formula is C10H17NO3. The van der Waals surface area contributed by atoms with Gasteiger partial charge in [-0.05, 0) is 31.6 Å². The molecule has 1 saturated heterocycles. The van der Waals surface area contributed by atoms with E-state index in [4.69, 9.17) is 4.74 Å². The van der Waals surface area contributed by atoms with Crippen LogP contribution in [0.25, 0.3) is 0 Å². The molecule has 2 atom stereocenters. The summed E-state index contributed by atoms with van der Waals surface area (Å²) >= 11 is 0. The third-order valence-electron chi connectivity index (χ3n) is 2.87. The molecule has 0 radical (unpaired) electrons. The van der Waals surface area contributed by atoms with E-state index in [1.165, 1.54) is 0 Å². The molecule has 0 aromatic rings. The normalized spacial score (nSPS) is 28.8. The molecule has 1 saturated carbocycles. The maximum absolute atomic E-state index is 11.4. The molecule has 14 heavy (non-hydrogen) atoms. The Labute approximate surface area is 83.6 Å². The molecular weight excluding hydrogens is 182 g/mol. The summed E-state index contributed by atoms with van der Waals surface area (Å²) in [7, 11) is 0. The van der Waals surface area contributed by atoms with Gasteiger partial charge in [-0.1, -0.05) is 0 Å². The van der Waals surface area contributed by atoms with Crippen molar-refractivity contribution in [2.75, 3.05) is 13.2 Å². The fourth-order valence-corrected chi connectivity index (χ4v) is 1.75. The lowest BCUT2D eigenvalue weighted by Crippen LogP contribution is -2.39. The number of amides is 1. The van der Waals surface area contributed by atoms with E-state index in [9.17, 15) is 9.90 Å². The van der Waals surface area contributed by atoms with Gasteiger partial charge in [0.2, 0.25) is 5.91 Å². The van der Waals surface area contributed by atoms with Crippen molar-refractivity contribution in [3.8, 4) is 0 Å². The quantitative estimate of drug-likeness (QED) is 0.672. The molecule has 80 valence electrons. The summed E-state index contributed by atoms with van der Waals surface area (Å²) in [6, 6.07) is 0. The molecule has 0 spiro atoms. The monoisotopic (exact) mass is 199 g/mol. The Morgan fingerprint density at radius 1 is 1.50 bits per heavy atom. The van der Waals surface area contributed by atoms with E-state index in [1.54, 1.807) is 0 Å². The summed E-state index contributed by atoms with van der Waals surface area (Å²) in [4.78, 5) is 11.4. The lowest BCUT2D eigenvalue weighted by atomic mass is 10.2. The van der Waals surface area contributed by atoms with Gasteiger partial charge in [0, 0.05) is 13.2 Å². The van der Waals surface area contributed by atoms with Gasteiger partial charge in [-0.2, -0.15) is 0 Å². The zero-order valence-electron chi connectivity index (χ0n) is 8.24. The zero-order valence-corrected chi connectivity index (χ0v) is 8.24. The first-order valence-electron chi connectivity index (χ1n) is 5.35. The van der Waals surface area contributed by atoms with Crippen LogP contribution >= 0.6 is 0 Å². The second-order valence-corrected chi connectivity index (χ2v) is 4.15. The van der Waals surface area contributed by atoms with Crippen molar-refractivity contribution >= 4 is 5.91 Å². The van der Waals surface area contributed by atoms with Crippen molar-refractivity contribution in [2.45, 2.75) is 37.9 Å². The number of aliphatic hydroxyl groups is 1. The van der Waals surface area contributed by atoms with Gasteiger partial charge in [-0.25, -0.2) is 0 Å². The van der Waals surface area contributed by atoms with Crippen LogP contribution in [0, 0.1) is 5.92 Å². The van der Waals surface area contributed by atoms with Crippen LogP contribution in [0.2, 0.25) is 0 Å². The highest BCUT2D eigenvalue weighted by atomic mass is 16.5. The molecule has 4 nitrogen and oxygen atoms in total. The van der Waals surface area contributed by atoms with Crippen LogP contribution in [0.4, 0.5) is 0 Å². The number of hydrogen-bond acceptors (Lipinski definition) is 3. The van der Waals surface area contributed by atoms with Gasteiger partial charge >= 0.3 is 0 Å². The van der Waals surface area contributed by atoms with Crippen molar-refractivity contribution < 1.29 is 14.6 Å². The summed E-state index contributed by atoms with van der Waals surface area (Å²) in [5.41, 5.74) is 0. The van der Waals surface area contributed by atoms with E-state index in [-0.39, 0.29) is 18.1 Å². The van der Waals surface area contributed by atoms with Gasteiger partial charge in [-0.15, -0.1) is 0 Å². The van der Waals surface area contributed by atoms with Crippen LogP contribution in [0.1, 0.15) is 25.7 Å². The van der Waals surface area contributed by atoms with Crippen LogP contribution in [-0.4, -0.2) is 36.4 Å². The predicted molar refractivity (Wildman–Crippen MR) is 50.7 cm³/mol. The highest BCUT2D eigenvalue weighted by Gasteiger charge is 2.30. The number of nitrogens with one attached hydrogen (secondary N) is 1. The first-order valence-corrected chi connectivity index (χ1v) is 5.35. The minimum absolute atomic E-state index is 0.0674. The average Bonchev–Trinajstić information content (AvgIpc) is 2.90. The van der Waals surface area contributed by atoms with Crippen molar-refractivity contribution in [1.82, 2.24) is 5.32 Å². The van der Waals surface area contributed by atoms with E-state index >= 15 is 0 Å². The Bertz CT molecular complexity index is 209. The third kappa shape index (κ3) is 2.45. The molecule has 2 rings (SSSR count). The number of ether oxygens (including phenoxy) is 1. The van der Waals surface area contributed by atoms with Crippen LogP contribution in [0.5, 0.6) is 0 Å². The molecule has 1 heterocycles. The second kappa shape index (κ2) is 4.28. The molecule has 1 amide bonds. The topological polar surface area (TPSA) is 58.6 Å². The molecule has 4 heteroatoms. The zero-order chi connectivity index (χ0) is 9.97. The second-order valence-electron chi connectivity index (χ2n) is 4.15. The van der Waals surface area contributed by atoms with E-state index in [0.29, 0.717) is 19.1 Å². The number of rotatable bonds is 4. The van der Waals surface area contributed by atoms with Gasteiger partial charge in [0.15, 0.2) is 0 Å². The van der Waals surface area contributed by atoms with Crippen LogP contribution in [-0.2, 0) is 9.53 Å². The van der Waals surface area contributed by atoms with Crippen molar-refractivity contribution in [3.63, 3.8) is 0 Å². The minimum atomic E-state index is -0.361. The molecule has 1 aliphatic carbocycles. The average molecular weight is 199 g/mol. The smallest absolute Gasteiger partial charge is 0.249 e. The molecule has 2 unspecified atom stereocenters. The van der Waals surface area contributed by atoms with Gasteiger partial charge in [0.25, 0.3) is 0 Å². The van der Waals surface area contributed by atoms with Gasteiger partial charge in [0.1, 0.15) is 6.10 Å². The van der Waals surface area contributed by atoms with E-state index in [0.717, 1.165) is 25.7 Å². The number of hydrogen-bond donors (Lipinski definition) is 2. The number of carbonyl (C=O) groups excluding carboxylic acids is 1. The Morgan fingerprint density at radius 2 is 2.29 bits per heavy atom. The molecule has 1 aliphatic heterocycles.